The van der Waals surface area contributed by atoms with Crippen LogP contribution in [0, 0.1) is 13.8 Å². The molecule has 26 heavy (non-hydrogen) atoms. The first-order valence-electron chi connectivity index (χ1n) is 9.04. The maximum atomic E-state index is 12.5. The Labute approximate surface area is 155 Å². The molecule has 0 bridgehead atoms. The fraction of sp³-hybridized carbons (Fsp3) is 0.381. The molecule has 0 unspecified atom stereocenters. The lowest BCUT2D eigenvalue weighted by Gasteiger charge is -2.35. The van der Waals surface area contributed by atoms with Crippen LogP contribution in [0.2, 0.25) is 0 Å². The van der Waals surface area contributed by atoms with Crippen molar-refractivity contribution in [1.29, 1.82) is 0 Å². The highest BCUT2D eigenvalue weighted by molar-refractivity contribution is 5.90. The molecule has 0 radical (unpaired) electrons. The average molecular weight is 353 g/mol. The largest absolute Gasteiger partial charge is 0.496 e. The number of hydrogen-bond acceptors (Lipinski definition) is 3. The van der Waals surface area contributed by atoms with Gasteiger partial charge >= 0.3 is 6.03 Å². The lowest BCUT2D eigenvalue weighted by Crippen LogP contribution is -2.49. The number of carbonyl (C=O) groups excluding carboxylic acids is 1. The van der Waals surface area contributed by atoms with E-state index in [4.69, 9.17) is 4.74 Å². The van der Waals surface area contributed by atoms with Crippen molar-refractivity contribution in [2.75, 3.05) is 38.6 Å². The molecule has 2 aromatic carbocycles. The van der Waals surface area contributed by atoms with Crippen molar-refractivity contribution < 1.29 is 9.53 Å². The van der Waals surface area contributed by atoms with E-state index in [0.717, 1.165) is 49.7 Å². The Morgan fingerprint density at radius 1 is 1.08 bits per heavy atom. The van der Waals surface area contributed by atoms with Crippen LogP contribution < -0.4 is 10.1 Å². The summed E-state index contributed by atoms with van der Waals surface area (Å²) in [5.74, 6) is 0.919. The number of amides is 2. The number of benzene rings is 2. The summed E-state index contributed by atoms with van der Waals surface area (Å²) in [4.78, 5) is 16.8. The highest BCUT2D eigenvalue weighted by atomic mass is 16.5. The zero-order valence-electron chi connectivity index (χ0n) is 15.8. The zero-order chi connectivity index (χ0) is 18.5. The number of methoxy groups -OCH3 is 1. The Morgan fingerprint density at radius 2 is 1.81 bits per heavy atom. The second-order valence-corrected chi connectivity index (χ2v) is 6.82. The smallest absolute Gasteiger partial charge is 0.321 e. The van der Waals surface area contributed by atoms with Gasteiger partial charge in [-0.3, -0.25) is 4.90 Å². The van der Waals surface area contributed by atoms with Crippen molar-refractivity contribution in [2.45, 2.75) is 20.4 Å². The number of aryl methyl sites for hydroxylation is 2. The molecule has 1 aliphatic heterocycles. The van der Waals surface area contributed by atoms with E-state index in [1.54, 1.807) is 7.11 Å². The van der Waals surface area contributed by atoms with Gasteiger partial charge < -0.3 is 15.0 Å². The van der Waals surface area contributed by atoms with Gasteiger partial charge in [0.15, 0.2) is 0 Å². The van der Waals surface area contributed by atoms with Gasteiger partial charge in [0.05, 0.1) is 7.11 Å². The predicted octanol–water partition coefficient (Wildman–Crippen LogP) is 3.66. The van der Waals surface area contributed by atoms with Gasteiger partial charge in [-0.05, 0) is 31.5 Å². The van der Waals surface area contributed by atoms with E-state index in [1.165, 1.54) is 11.1 Å². The van der Waals surface area contributed by atoms with Crippen molar-refractivity contribution in [1.82, 2.24) is 9.80 Å². The van der Waals surface area contributed by atoms with Crippen LogP contribution in [0.5, 0.6) is 5.75 Å². The van der Waals surface area contributed by atoms with Gasteiger partial charge in [0.1, 0.15) is 5.75 Å². The van der Waals surface area contributed by atoms with E-state index >= 15 is 0 Å². The van der Waals surface area contributed by atoms with Gasteiger partial charge in [-0.1, -0.05) is 35.9 Å². The third-order valence-electron chi connectivity index (χ3n) is 4.87. The molecule has 0 aromatic heterocycles. The fourth-order valence-electron chi connectivity index (χ4n) is 3.33. The quantitative estimate of drug-likeness (QED) is 0.912. The number of piperazine rings is 1. The van der Waals surface area contributed by atoms with Crippen LogP contribution in [0.1, 0.15) is 16.7 Å². The Morgan fingerprint density at radius 3 is 2.50 bits per heavy atom. The second-order valence-electron chi connectivity index (χ2n) is 6.82. The van der Waals surface area contributed by atoms with Crippen molar-refractivity contribution in [3.63, 3.8) is 0 Å². The summed E-state index contributed by atoms with van der Waals surface area (Å²) in [5.41, 5.74) is 4.36. The van der Waals surface area contributed by atoms with E-state index in [9.17, 15) is 4.79 Å². The highest BCUT2D eigenvalue weighted by Gasteiger charge is 2.22. The van der Waals surface area contributed by atoms with Gasteiger partial charge in [-0.2, -0.15) is 0 Å². The number of carbonyl (C=O) groups is 1. The SMILES string of the molecule is COc1ccccc1CN1CCN(C(=O)Nc2ccc(C)cc2C)CC1. The first-order valence-corrected chi connectivity index (χ1v) is 9.04. The molecule has 1 aliphatic rings. The maximum Gasteiger partial charge on any atom is 0.321 e. The molecule has 1 N–H and O–H groups in total. The van der Waals surface area contributed by atoms with Gasteiger partial charge in [0, 0.05) is 44.0 Å². The Kier molecular flexibility index (Phi) is 5.78. The van der Waals surface area contributed by atoms with Crippen LogP contribution in [0.4, 0.5) is 10.5 Å². The number of ether oxygens (including phenoxy) is 1. The molecule has 1 fully saturated rings. The van der Waals surface area contributed by atoms with Crippen molar-refractivity contribution in [2.24, 2.45) is 0 Å². The molecule has 1 heterocycles. The third kappa shape index (κ3) is 4.35. The minimum Gasteiger partial charge on any atom is -0.496 e. The van der Waals surface area contributed by atoms with E-state index in [-0.39, 0.29) is 6.03 Å². The molecule has 0 saturated carbocycles. The summed E-state index contributed by atoms with van der Waals surface area (Å²) in [5, 5.41) is 3.04. The summed E-state index contributed by atoms with van der Waals surface area (Å²) in [6.07, 6.45) is 0. The summed E-state index contributed by atoms with van der Waals surface area (Å²) in [6, 6.07) is 14.2. The first kappa shape index (κ1) is 18.3. The number of urea groups is 1. The van der Waals surface area contributed by atoms with Crippen LogP contribution in [-0.2, 0) is 6.54 Å². The van der Waals surface area contributed by atoms with E-state index in [1.807, 2.05) is 42.2 Å². The number of rotatable bonds is 4. The normalized spacial score (nSPS) is 15.0. The molecule has 0 atom stereocenters. The fourth-order valence-corrected chi connectivity index (χ4v) is 3.33. The molecule has 2 aromatic rings. The standard InChI is InChI=1S/C21H27N3O2/c1-16-8-9-19(17(2)14-16)22-21(25)24-12-10-23(11-13-24)15-18-6-4-5-7-20(18)26-3/h4-9,14H,10-13,15H2,1-3H3,(H,22,25). The third-order valence-corrected chi connectivity index (χ3v) is 4.87. The topological polar surface area (TPSA) is 44.8 Å². The van der Waals surface area contributed by atoms with Crippen LogP contribution in [0.15, 0.2) is 42.5 Å². The molecule has 138 valence electrons. The lowest BCUT2D eigenvalue weighted by atomic mass is 10.1. The van der Waals surface area contributed by atoms with Crippen LogP contribution in [0.3, 0.4) is 0 Å². The summed E-state index contributed by atoms with van der Waals surface area (Å²) in [7, 11) is 1.70. The number of anilines is 1. The molecular formula is C21H27N3O2. The minimum absolute atomic E-state index is 0.0195. The molecular weight excluding hydrogens is 326 g/mol. The number of nitrogens with zero attached hydrogens (tertiary/aromatic N) is 2. The zero-order valence-corrected chi connectivity index (χ0v) is 15.8. The number of hydrogen-bond donors (Lipinski definition) is 1. The predicted molar refractivity (Wildman–Crippen MR) is 105 cm³/mol. The van der Waals surface area contributed by atoms with Crippen molar-refractivity contribution in [3.05, 3.63) is 59.2 Å². The molecule has 5 heteroatoms. The first-order chi connectivity index (χ1) is 12.6. The summed E-state index contributed by atoms with van der Waals surface area (Å²) >= 11 is 0. The second kappa shape index (κ2) is 8.23. The average Bonchev–Trinajstić information content (AvgIpc) is 2.65. The van der Waals surface area contributed by atoms with Gasteiger partial charge in [0.25, 0.3) is 0 Å². The van der Waals surface area contributed by atoms with E-state index < -0.39 is 0 Å². The maximum absolute atomic E-state index is 12.5. The summed E-state index contributed by atoms with van der Waals surface area (Å²) in [6.45, 7) is 8.10. The van der Waals surface area contributed by atoms with E-state index in [0.29, 0.717) is 0 Å². The number of para-hydroxylation sites is 1. The lowest BCUT2D eigenvalue weighted by molar-refractivity contribution is 0.142. The Hall–Kier alpha value is -2.53. The van der Waals surface area contributed by atoms with Gasteiger partial charge in [0.2, 0.25) is 0 Å². The Bertz CT molecular complexity index is 768. The van der Waals surface area contributed by atoms with Crippen molar-refractivity contribution in [3.8, 4) is 5.75 Å². The molecule has 0 spiro atoms. The van der Waals surface area contributed by atoms with Gasteiger partial charge in [-0.25, -0.2) is 4.79 Å². The van der Waals surface area contributed by atoms with Gasteiger partial charge in [-0.15, -0.1) is 0 Å². The van der Waals surface area contributed by atoms with Crippen LogP contribution in [-0.4, -0.2) is 49.1 Å². The van der Waals surface area contributed by atoms with Crippen LogP contribution >= 0.6 is 0 Å². The van der Waals surface area contributed by atoms with Crippen molar-refractivity contribution >= 4 is 11.7 Å². The minimum atomic E-state index is -0.0195. The number of nitrogens with one attached hydrogen (secondary N) is 1. The molecule has 0 aliphatic carbocycles. The molecule has 1 saturated heterocycles. The molecule has 2 amide bonds. The summed E-state index contributed by atoms with van der Waals surface area (Å²) < 4.78 is 5.43. The Balaban J connectivity index is 1.54. The highest BCUT2D eigenvalue weighted by Crippen LogP contribution is 2.20. The monoisotopic (exact) mass is 353 g/mol. The molecule has 3 rings (SSSR count). The van der Waals surface area contributed by atoms with E-state index in [2.05, 4.69) is 29.3 Å². The van der Waals surface area contributed by atoms with Crippen LogP contribution in [0.25, 0.3) is 0 Å². The molecule has 5 nitrogen and oxygen atoms in total.